The van der Waals surface area contributed by atoms with Gasteiger partial charge in [-0.1, -0.05) is 101 Å². The van der Waals surface area contributed by atoms with Crippen LogP contribution in [0.25, 0.3) is 0 Å². The fraction of sp³-hybridized carbons (Fsp3) is 0.519. The number of carbonyl (C=O) groups is 9. The fourth-order valence-corrected chi connectivity index (χ4v) is 7.44. The second kappa shape index (κ2) is 28.8. The van der Waals surface area contributed by atoms with E-state index in [0.717, 1.165) is 10.5 Å². The van der Waals surface area contributed by atoms with E-state index in [9.17, 15) is 53.4 Å². The number of benzene rings is 2. The molecule has 1 saturated heterocycles. The van der Waals surface area contributed by atoms with Gasteiger partial charge in [-0.3, -0.25) is 38.4 Å². The summed E-state index contributed by atoms with van der Waals surface area (Å²) in [7, 11) is 2.76. The number of methoxy groups -OCH3 is 1. The third kappa shape index (κ3) is 17.8. The van der Waals surface area contributed by atoms with Gasteiger partial charge >= 0.3 is 11.9 Å². The first kappa shape index (κ1) is 60.2. The number of esters is 2. The summed E-state index contributed by atoms with van der Waals surface area (Å²) in [5, 5.41) is 37.0. The highest BCUT2D eigenvalue weighted by atomic mass is 16.6. The van der Waals surface area contributed by atoms with Gasteiger partial charge in [0.05, 0.1) is 25.2 Å². The van der Waals surface area contributed by atoms with E-state index in [1.54, 1.807) is 90.1 Å². The van der Waals surface area contributed by atoms with Crippen molar-refractivity contribution < 1.29 is 67.6 Å². The molecule has 21 nitrogen and oxygen atoms in total. The lowest BCUT2D eigenvalue weighted by atomic mass is 9.93. The van der Waals surface area contributed by atoms with E-state index in [1.807, 2.05) is 0 Å². The molecule has 2 aromatic rings. The van der Waals surface area contributed by atoms with Crippen LogP contribution in [0.1, 0.15) is 85.9 Å². The van der Waals surface area contributed by atoms with Crippen LogP contribution in [-0.4, -0.2) is 144 Å². The van der Waals surface area contributed by atoms with Gasteiger partial charge < -0.3 is 61.2 Å². The first-order valence-electron chi connectivity index (χ1n) is 24.2. The number of hydrogen-bond donors (Lipinski definition) is 8. The van der Waals surface area contributed by atoms with Crippen molar-refractivity contribution in [3.05, 3.63) is 89.5 Å². The van der Waals surface area contributed by atoms with E-state index in [2.05, 4.69) is 31.9 Å². The minimum Gasteiger partial charge on any atom is -0.497 e. The Kier molecular flexibility index (Phi) is 23.7. The van der Waals surface area contributed by atoms with Crippen LogP contribution in [0.4, 0.5) is 0 Å². The lowest BCUT2D eigenvalue weighted by molar-refractivity contribution is -0.160. The molecule has 1 aliphatic rings. The van der Waals surface area contributed by atoms with Crippen molar-refractivity contribution in [1.29, 1.82) is 0 Å². The quantitative estimate of drug-likeness (QED) is 0.0625. The van der Waals surface area contributed by atoms with Gasteiger partial charge in [0.2, 0.25) is 41.4 Å². The summed E-state index contributed by atoms with van der Waals surface area (Å²) < 4.78 is 16.4. The number of aliphatic hydroxyl groups excluding tert-OH is 2. The molecule has 0 aliphatic carbocycles. The predicted molar refractivity (Wildman–Crippen MR) is 268 cm³/mol. The van der Waals surface area contributed by atoms with Gasteiger partial charge in [0, 0.05) is 19.5 Å². The molecule has 0 bridgehead atoms. The van der Waals surface area contributed by atoms with Crippen LogP contribution >= 0.6 is 0 Å². The zero-order valence-corrected chi connectivity index (χ0v) is 43.4. The number of cyclic esters (lactones) is 1. The maximum Gasteiger partial charge on any atom is 0.332 e. The number of aliphatic hydroxyl groups is 2. The molecule has 1 heterocycles. The molecule has 1 fully saturated rings. The SMILES string of the molecule is C/C=C(C)/C=C/C(=O)NCC(=O)OCC1NC(=O)[C@H]([C@@H](C)O)NC(=O)[C@@H](Cc2ccccc2)N(C)C(=O)[C@@H](c2ccc(OC)cc2)NC(=O)[C@H]([C@@H](C)CC)NC(=O)[C@H](NC(=O)[C@@H](C)[C@H](O)C(C)C)[C@H](C)OC1=O. The maximum atomic E-state index is 15.0. The molecule has 1 aliphatic heterocycles. The summed E-state index contributed by atoms with van der Waals surface area (Å²) in [4.78, 5) is 127. The van der Waals surface area contributed by atoms with E-state index < -0.39 is 139 Å². The zero-order valence-electron chi connectivity index (χ0n) is 43.4. The van der Waals surface area contributed by atoms with Crippen molar-refractivity contribution in [1.82, 2.24) is 36.8 Å². The van der Waals surface area contributed by atoms with Crippen LogP contribution in [0.5, 0.6) is 5.75 Å². The summed E-state index contributed by atoms with van der Waals surface area (Å²) in [5.74, 6) is -10.4. The second-order valence-corrected chi connectivity index (χ2v) is 18.4. The lowest BCUT2D eigenvalue weighted by Gasteiger charge is -2.34. The fourth-order valence-electron chi connectivity index (χ4n) is 7.44. The largest absolute Gasteiger partial charge is 0.497 e. The first-order valence-corrected chi connectivity index (χ1v) is 24.2. The Balaban J connectivity index is 2.26. The summed E-state index contributed by atoms with van der Waals surface area (Å²) in [5.41, 5.74) is 1.60. The highest BCUT2D eigenvalue weighted by Crippen LogP contribution is 2.23. The maximum absolute atomic E-state index is 15.0. The molecular formula is C52H73N7O14. The third-order valence-electron chi connectivity index (χ3n) is 12.6. The van der Waals surface area contributed by atoms with Crippen LogP contribution in [0.2, 0.25) is 0 Å². The minimum atomic E-state index is -1.93. The van der Waals surface area contributed by atoms with E-state index in [0.29, 0.717) is 17.7 Å². The second-order valence-electron chi connectivity index (χ2n) is 18.4. The van der Waals surface area contributed by atoms with Gasteiger partial charge in [0.25, 0.3) is 0 Å². The Morgan fingerprint density at radius 3 is 2.03 bits per heavy atom. The Morgan fingerprint density at radius 1 is 0.836 bits per heavy atom. The van der Waals surface area contributed by atoms with Gasteiger partial charge in [-0.15, -0.1) is 0 Å². The molecule has 11 atom stereocenters. The van der Waals surface area contributed by atoms with E-state index in [1.165, 1.54) is 59.2 Å². The molecule has 2 aromatic carbocycles. The van der Waals surface area contributed by atoms with Gasteiger partial charge in [-0.05, 0) is 62.8 Å². The average molecular weight is 1020 g/mol. The normalized spacial score (nSPS) is 23.7. The molecule has 73 heavy (non-hydrogen) atoms. The van der Waals surface area contributed by atoms with Crippen molar-refractivity contribution in [2.45, 2.75) is 130 Å². The van der Waals surface area contributed by atoms with Crippen LogP contribution in [0.3, 0.4) is 0 Å². The number of hydrogen-bond acceptors (Lipinski definition) is 14. The Hall–Kier alpha value is -7.13. The Morgan fingerprint density at radius 2 is 1.45 bits per heavy atom. The van der Waals surface area contributed by atoms with E-state index in [4.69, 9.17) is 14.2 Å². The highest BCUT2D eigenvalue weighted by molar-refractivity contribution is 5.98. The average Bonchev–Trinajstić information content (AvgIpc) is 3.37. The standard InChI is InChI=1S/C52H73N7O14/c1-12-29(5)19-24-39(61)53-26-40(62)72-27-37-52(70)73-33(9)43(57-46(64)31(7)45(63)28(3)4)50(68)55-41(30(6)13-2)48(66)58-44(35-20-22-36(71-11)23-21-35)51(69)59(10)38(25-34-17-15-14-16-18-34)47(65)56-42(32(8)60)49(67)54-37/h12,14-24,28,30-33,37-38,41-45,60,63H,13,25-27H2,1-11H3,(H,53,61)(H,54,67)(H,55,68)(H,56,65)(H,57,64)(H,58,66)/b24-19+,29-12+/t30-,31-,32+,33-,37?,38+,41-,42-,43+,44+,45+/m0/s1. The molecule has 1 unspecified atom stereocenters. The summed E-state index contributed by atoms with van der Waals surface area (Å²) in [6.07, 6.45) is 0.135. The number of nitrogens with zero attached hydrogens (tertiary/aromatic N) is 1. The van der Waals surface area contributed by atoms with Gasteiger partial charge in [-0.2, -0.15) is 0 Å². The molecule has 21 heteroatoms. The number of amides is 7. The molecule has 0 saturated carbocycles. The van der Waals surface area contributed by atoms with E-state index in [-0.39, 0.29) is 12.0 Å². The van der Waals surface area contributed by atoms with Crippen molar-refractivity contribution >= 4 is 53.3 Å². The molecule has 7 amide bonds. The molecule has 0 spiro atoms. The van der Waals surface area contributed by atoms with Crippen molar-refractivity contribution in [2.24, 2.45) is 17.8 Å². The molecule has 400 valence electrons. The summed E-state index contributed by atoms with van der Waals surface area (Å²) >= 11 is 0. The number of likely N-dealkylation sites (N-methyl/N-ethyl adjacent to an activating group) is 1. The molecule has 0 radical (unpaired) electrons. The first-order chi connectivity index (χ1) is 34.4. The molecule has 0 aromatic heterocycles. The molecular weight excluding hydrogens is 947 g/mol. The Labute approximate surface area is 426 Å². The molecule has 3 rings (SSSR count). The minimum absolute atomic E-state index is 0.137. The Bertz CT molecular complexity index is 2300. The lowest BCUT2D eigenvalue weighted by Crippen LogP contribution is -2.61. The van der Waals surface area contributed by atoms with Crippen molar-refractivity contribution in [2.75, 3.05) is 27.3 Å². The number of rotatable bonds is 17. The number of allylic oxidation sites excluding steroid dienone is 3. The summed E-state index contributed by atoms with van der Waals surface area (Å²) in [6, 6.07) is 4.84. The van der Waals surface area contributed by atoms with Crippen LogP contribution in [0.15, 0.2) is 78.4 Å². The van der Waals surface area contributed by atoms with Gasteiger partial charge in [-0.25, -0.2) is 4.79 Å². The smallest absolute Gasteiger partial charge is 0.332 e. The summed E-state index contributed by atoms with van der Waals surface area (Å²) in [6.45, 7) is 12.5. The predicted octanol–water partition coefficient (Wildman–Crippen LogP) is 1.07. The van der Waals surface area contributed by atoms with E-state index >= 15 is 0 Å². The van der Waals surface area contributed by atoms with Crippen LogP contribution in [0, 0.1) is 17.8 Å². The number of nitrogens with one attached hydrogen (secondary N) is 6. The van der Waals surface area contributed by atoms with Gasteiger partial charge in [0.15, 0.2) is 6.04 Å². The van der Waals surface area contributed by atoms with Crippen LogP contribution in [-0.2, 0) is 59.0 Å². The van der Waals surface area contributed by atoms with Crippen LogP contribution < -0.4 is 36.6 Å². The zero-order chi connectivity index (χ0) is 54.7. The number of ether oxygens (including phenoxy) is 3. The van der Waals surface area contributed by atoms with Crippen molar-refractivity contribution in [3.8, 4) is 5.75 Å². The third-order valence-corrected chi connectivity index (χ3v) is 12.6. The van der Waals surface area contributed by atoms with Crippen molar-refractivity contribution in [3.63, 3.8) is 0 Å². The molecule has 8 N–H and O–H groups in total. The number of carbonyl (C=O) groups excluding carboxylic acids is 9. The van der Waals surface area contributed by atoms with Gasteiger partial charge in [0.1, 0.15) is 55.2 Å². The topological polar surface area (TPSA) is 297 Å². The highest BCUT2D eigenvalue weighted by Gasteiger charge is 2.41. The monoisotopic (exact) mass is 1020 g/mol.